The maximum Gasteiger partial charge on any atom is 0.257 e. The first-order valence-corrected chi connectivity index (χ1v) is 4.40. The van der Waals surface area contributed by atoms with E-state index in [0.29, 0.717) is 6.04 Å². The summed E-state index contributed by atoms with van der Waals surface area (Å²) < 4.78 is 0. The molecule has 0 spiro atoms. The Morgan fingerprint density at radius 1 is 1.50 bits per heavy atom. The summed E-state index contributed by atoms with van der Waals surface area (Å²) in [6.45, 7) is 4.37. The van der Waals surface area contributed by atoms with Crippen LogP contribution in [0, 0.1) is 0 Å². The van der Waals surface area contributed by atoms with Crippen LogP contribution in [0.3, 0.4) is 0 Å². The van der Waals surface area contributed by atoms with E-state index in [2.05, 4.69) is 19.2 Å². The molecule has 0 fully saturated rings. The van der Waals surface area contributed by atoms with Crippen LogP contribution in [-0.2, 0) is 4.79 Å². The van der Waals surface area contributed by atoms with Crippen LogP contribution in [0.25, 0.3) is 0 Å². The fraction of sp³-hybridized carbons (Fsp3) is 0.875. The largest absolute Gasteiger partial charge is 0.306 e. The van der Waals surface area contributed by atoms with Crippen molar-refractivity contribution in [1.29, 1.82) is 0 Å². The zero-order chi connectivity index (χ0) is 9.40. The monoisotopic (exact) mass is 174 g/mol. The molecule has 1 atom stereocenters. The Hall–Kier alpha value is -0.610. The van der Waals surface area contributed by atoms with Gasteiger partial charge in [-0.15, -0.1) is 0 Å². The summed E-state index contributed by atoms with van der Waals surface area (Å²) in [6.07, 6.45) is 3.17. The molecule has 4 nitrogen and oxygen atoms in total. The first kappa shape index (κ1) is 11.4. The molecule has 12 heavy (non-hydrogen) atoms. The van der Waals surface area contributed by atoms with Gasteiger partial charge in [0.15, 0.2) is 0 Å². The third-order valence-corrected chi connectivity index (χ3v) is 1.81. The first-order valence-electron chi connectivity index (χ1n) is 4.40. The van der Waals surface area contributed by atoms with Crippen LogP contribution in [0.5, 0.6) is 0 Å². The van der Waals surface area contributed by atoms with Crippen LogP contribution in [-0.4, -0.2) is 23.7 Å². The Kier molecular flexibility index (Phi) is 6.70. The van der Waals surface area contributed by atoms with E-state index >= 15 is 0 Å². The van der Waals surface area contributed by atoms with E-state index in [9.17, 15) is 4.79 Å². The van der Waals surface area contributed by atoms with Crippen molar-refractivity contribution in [3.63, 3.8) is 0 Å². The number of carbonyl (C=O) groups excluding carboxylic acids is 1. The number of rotatable bonds is 6. The van der Waals surface area contributed by atoms with Gasteiger partial charge in [-0.25, -0.2) is 5.48 Å². The van der Waals surface area contributed by atoms with Gasteiger partial charge in [0, 0.05) is 6.04 Å². The lowest BCUT2D eigenvalue weighted by molar-refractivity contribution is -0.128. The van der Waals surface area contributed by atoms with Crippen molar-refractivity contribution >= 4 is 5.91 Å². The zero-order valence-corrected chi connectivity index (χ0v) is 7.76. The summed E-state index contributed by atoms with van der Waals surface area (Å²) >= 11 is 0. The van der Waals surface area contributed by atoms with Gasteiger partial charge in [-0.05, 0) is 12.8 Å². The molecule has 0 saturated heterocycles. The van der Waals surface area contributed by atoms with Gasteiger partial charge < -0.3 is 5.32 Å². The molecular formula is C8H18N2O2. The molecule has 0 heterocycles. The Morgan fingerprint density at radius 2 is 2.17 bits per heavy atom. The second-order valence-corrected chi connectivity index (χ2v) is 2.81. The summed E-state index contributed by atoms with van der Waals surface area (Å²) in [7, 11) is 0. The first-order chi connectivity index (χ1) is 5.74. The summed E-state index contributed by atoms with van der Waals surface area (Å²) in [5, 5.41) is 11.3. The van der Waals surface area contributed by atoms with Crippen LogP contribution >= 0.6 is 0 Å². The van der Waals surface area contributed by atoms with Crippen LogP contribution in [0.2, 0.25) is 0 Å². The highest BCUT2D eigenvalue weighted by molar-refractivity contribution is 5.76. The molecule has 0 aromatic heterocycles. The molecule has 1 unspecified atom stereocenters. The fourth-order valence-corrected chi connectivity index (χ4v) is 1.08. The summed E-state index contributed by atoms with van der Waals surface area (Å²) in [5.74, 6) is -0.385. The number of amides is 1. The van der Waals surface area contributed by atoms with E-state index in [0.717, 1.165) is 19.3 Å². The topological polar surface area (TPSA) is 61.4 Å². The van der Waals surface area contributed by atoms with Crippen molar-refractivity contribution < 1.29 is 10.0 Å². The smallest absolute Gasteiger partial charge is 0.257 e. The maximum absolute atomic E-state index is 10.6. The highest BCUT2D eigenvalue weighted by Crippen LogP contribution is 1.99. The average Bonchev–Trinajstić information content (AvgIpc) is 2.11. The standard InChI is InChI=1S/C8H18N2O2/c1-3-5-7(4-2)9-6-8(11)10-12/h7,9,12H,3-6H2,1-2H3,(H,10,11). The van der Waals surface area contributed by atoms with Crippen molar-refractivity contribution in [2.75, 3.05) is 6.54 Å². The highest BCUT2D eigenvalue weighted by atomic mass is 16.5. The zero-order valence-electron chi connectivity index (χ0n) is 7.76. The number of hydroxylamine groups is 1. The molecule has 0 aliphatic heterocycles. The van der Waals surface area contributed by atoms with Crippen molar-refractivity contribution in [2.45, 2.75) is 39.2 Å². The average molecular weight is 174 g/mol. The van der Waals surface area contributed by atoms with Crippen LogP contribution in [0.4, 0.5) is 0 Å². The van der Waals surface area contributed by atoms with Gasteiger partial charge in [-0.1, -0.05) is 20.3 Å². The molecule has 4 heteroatoms. The van der Waals surface area contributed by atoms with E-state index in [4.69, 9.17) is 5.21 Å². The minimum absolute atomic E-state index is 0.189. The quantitative estimate of drug-likeness (QED) is 0.409. The Balaban J connectivity index is 3.50. The summed E-state index contributed by atoms with van der Waals surface area (Å²) in [5.41, 5.74) is 1.59. The Labute approximate surface area is 73.3 Å². The summed E-state index contributed by atoms with van der Waals surface area (Å²) in [6, 6.07) is 0.382. The minimum Gasteiger partial charge on any atom is -0.306 e. The second-order valence-electron chi connectivity index (χ2n) is 2.81. The lowest BCUT2D eigenvalue weighted by Crippen LogP contribution is -2.37. The molecule has 3 N–H and O–H groups in total. The van der Waals surface area contributed by atoms with Gasteiger partial charge in [0.05, 0.1) is 6.54 Å². The molecule has 0 aliphatic rings. The number of hydrogen-bond acceptors (Lipinski definition) is 3. The van der Waals surface area contributed by atoms with Crippen LogP contribution < -0.4 is 10.8 Å². The number of hydrogen-bond donors (Lipinski definition) is 3. The minimum atomic E-state index is -0.385. The van der Waals surface area contributed by atoms with Gasteiger partial charge in [-0.3, -0.25) is 10.0 Å². The normalized spacial score (nSPS) is 12.6. The van der Waals surface area contributed by atoms with E-state index in [-0.39, 0.29) is 12.5 Å². The molecule has 0 aromatic rings. The van der Waals surface area contributed by atoms with Gasteiger partial charge in [0.2, 0.25) is 0 Å². The van der Waals surface area contributed by atoms with E-state index in [1.165, 1.54) is 0 Å². The van der Waals surface area contributed by atoms with E-state index < -0.39 is 0 Å². The van der Waals surface area contributed by atoms with Crippen LogP contribution in [0.15, 0.2) is 0 Å². The molecule has 0 aliphatic carbocycles. The van der Waals surface area contributed by atoms with Gasteiger partial charge in [-0.2, -0.15) is 0 Å². The van der Waals surface area contributed by atoms with Crippen molar-refractivity contribution in [2.24, 2.45) is 0 Å². The number of carbonyl (C=O) groups is 1. The third kappa shape index (κ3) is 5.09. The van der Waals surface area contributed by atoms with Crippen molar-refractivity contribution in [3.05, 3.63) is 0 Å². The number of nitrogens with one attached hydrogen (secondary N) is 2. The molecule has 0 aromatic carbocycles. The summed E-state index contributed by atoms with van der Waals surface area (Å²) in [4.78, 5) is 10.6. The fourth-order valence-electron chi connectivity index (χ4n) is 1.08. The Bertz CT molecular complexity index is 128. The van der Waals surface area contributed by atoms with E-state index in [1.54, 1.807) is 5.48 Å². The molecular weight excluding hydrogens is 156 g/mol. The highest BCUT2D eigenvalue weighted by Gasteiger charge is 2.05. The molecule has 72 valence electrons. The predicted molar refractivity (Wildman–Crippen MR) is 46.9 cm³/mol. The SMILES string of the molecule is CCCC(CC)NCC(=O)NO. The molecule has 0 saturated carbocycles. The van der Waals surface area contributed by atoms with Crippen molar-refractivity contribution in [1.82, 2.24) is 10.8 Å². The predicted octanol–water partition coefficient (Wildman–Crippen LogP) is 0.660. The third-order valence-electron chi connectivity index (χ3n) is 1.81. The second kappa shape index (κ2) is 7.06. The molecule has 1 amide bonds. The van der Waals surface area contributed by atoms with Gasteiger partial charge >= 0.3 is 0 Å². The van der Waals surface area contributed by atoms with Crippen molar-refractivity contribution in [3.8, 4) is 0 Å². The van der Waals surface area contributed by atoms with Crippen LogP contribution in [0.1, 0.15) is 33.1 Å². The van der Waals surface area contributed by atoms with Gasteiger partial charge in [0.1, 0.15) is 0 Å². The molecule has 0 bridgehead atoms. The Morgan fingerprint density at radius 3 is 2.58 bits per heavy atom. The lowest BCUT2D eigenvalue weighted by atomic mass is 10.1. The van der Waals surface area contributed by atoms with E-state index in [1.807, 2.05) is 0 Å². The maximum atomic E-state index is 10.6. The molecule has 0 rings (SSSR count). The molecule has 0 radical (unpaired) electrons. The van der Waals surface area contributed by atoms with Gasteiger partial charge in [0.25, 0.3) is 5.91 Å². The lowest BCUT2D eigenvalue weighted by Gasteiger charge is -2.14.